The molecule has 4 heterocycles. The summed E-state index contributed by atoms with van der Waals surface area (Å²) in [5, 5.41) is 5.73. The molecule has 8 heteroatoms. The summed E-state index contributed by atoms with van der Waals surface area (Å²) in [5.74, 6) is -0.283. The largest absolute Gasteiger partial charge is 0.397 e. The first-order valence-corrected chi connectivity index (χ1v) is 13.0. The summed E-state index contributed by atoms with van der Waals surface area (Å²) in [6.45, 7) is 7.34. The van der Waals surface area contributed by atoms with Gasteiger partial charge < -0.3 is 16.0 Å². The van der Waals surface area contributed by atoms with E-state index in [1.165, 1.54) is 11.3 Å². The molecule has 0 spiro atoms. The van der Waals surface area contributed by atoms with Gasteiger partial charge in [0, 0.05) is 34.6 Å². The Bertz CT molecular complexity index is 1420. The molecule has 3 N–H and O–H groups in total. The lowest BCUT2D eigenvalue weighted by atomic mass is 9.99. The summed E-state index contributed by atoms with van der Waals surface area (Å²) in [6.07, 6.45) is 2.02. The topological polar surface area (TPSA) is 88.3 Å². The van der Waals surface area contributed by atoms with Crippen LogP contribution in [0, 0.1) is 20.8 Å². The van der Waals surface area contributed by atoms with Crippen LogP contribution in [-0.4, -0.2) is 34.8 Å². The van der Waals surface area contributed by atoms with Crippen molar-refractivity contribution in [3.63, 3.8) is 0 Å². The second-order valence-electron chi connectivity index (χ2n) is 8.72. The maximum Gasteiger partial charge on any atom is 0.266 e. The Morgan fingerprint density at radius 3 is 2.56 bits per heavy atom. The van der Waals surface area contributed by atoms with E-state index in [0.29, 0.717) is 32.0 Å². The maximum atomic E-state index is 13.6. The van der Waals surface area contributed by atoms with Crippen molar-refractivity contribution in [1.82, 2.24) is 9.88 Å². The van der Waals surface area contributed by atoms with E-state index in [0.717, 1.165) is 53.2 Å². The van der Waals surface area contributed by atoms with E-state index in [1.54, 1.807) is 11.3 Å². The molecule has 0 saturated carbocycles. The molecule has 1 fully saturated rings. The van der Waals surface area contributed by atoms with E-state index in [9.17, 15) is 9.59 Å². The quantitative estimate of drug-likeness (QED) is 0.366. The summed E-state index contributed by atoms with van der Waals surface area (Å²) in [6, 6.07) is 9.86. The molecule has 0 unspecified atom stereocenters. The van der Waals surface area contributed by atoms with Crippen LogP contribution in [0.25, 0.3) is 20.7 Å². The molecule has 1 saturated heterocycles. The van der Waals surface area contributed by atoms with E-state index in [2.05, 4.69) is 5.32 Å². The molecule has 4 aromatic rings. The normalized spacial score (nSPS) is 13.6. The highest BCUT2D eigenvalue weighted by molar-refractivity contribution is 7.21. The molecule has 1 aliphatic heterocycles. The van der Waals surface area contributed by atoms with Gasteiger partial charge >= 0.3 is 0 Å². The number of aromatic nitrogens is 1. The first-order valence-electron chi connectivity index (χ1n) is 11.3. The van der Waals surface area contributed by atoms with E-state index in [1.807, 2.05) is 61.4 Å². The summed E-state index contributed by atoms with van der Waals surface area (Å²) in [5.41, 5.74) is 11.8. The molecule has 1 aliphatic rings. The highest BCUT2D eigenvalue weighted by Gasteiger charge is 2.29. The summed E-state index contributed by atoms with van der Waals surface area (Å²) >= 11 is 2.86. The number of carbonyl (C=O) groups excluding carboxylic acids is 2. The van der Waals surface area contributed by atoms with Gasteiger partial charge in [0.05, 0.1) is 16.9 Å². The SMILES string of the molecule is Cc1ccc(NC(=O)c2c(C)nc3sc(C(=O)N4CCCC4)c(N)c3c2-c2cccs2)c(C)c1. The smallest absolute Gasteiger partial charge is 0.266 e. The number of nitrogens with one attached hydrogen (secondary N) is 1. The van der Waals surface area contributed by atoms with Gasteiger partial charge in [0.15, 0.2) is 0 Å². The Labute approximate surface area is 206 Å². The maximum absolute atomic E-state index is 13.6. The zero-order valence-electron chi connectivity index (χ0n) is 19.4. The van der Waals surface area contributed by atoms with Gasteiger partial charge in [-0.3, -0.25) is 9.59 Å². The first-order chi connectivity index (χ1) is 16.3. The number of rotatable bonds is 4. The summed E-state index contributed by atoms with van der Waals surface area (Å²) in [7, 11) is 0. The zero-order valence-corrected chi connectivity index (χ0v) is 21.0. The van der Waals surface area contributed by atoms with Crippen LogP contribution in [0.15, 0.2) is 35.7 Å². The van der Waals surface area contributed by atoms with Crippen LogP contribution in [0.4, 0.5) is 11.4 Å². The minimum absolute atomic E-state index is 0.0472. The number of nitrogens with two attached hydrogens (primary N) is 1. The number of likely N-dealkylation sites (tertiary alicyclic amines) is 1. The second kappa shape index (κ2) is 8.85. The van der Waals surface area contributed by atoms with Crippen LogP contribution in [0.1, 0.15) is 49.7 Å². The number of anilines is 2. The molecular weight excluding hydrogens is 464 g/mol. The number of benzene rings is 1. The van der Waals surface area contributed by atoms with Gasteiger partial charge in [-0.05, 0) is 56.7 Å². The fourth-order valence-electron chi connectivity index (χ4n) is 4.57. The lowest BCUT2D eigenvalue weighted by molar-refractivity contribution is 0.0798. The molecule has 34 heavy (non-hydrogen) atoms. The van der Waals surface area contributed by atoms with Crippen molar-refractivity contribution >= 4 is 56.1 Å². The van der Waals surface area contributed by atoms with Crippen molar-refractivity contribution in [2.24, 2.45) is 0 Å². The number of carbonyl (C=O) groups is 2. The Morgan fingerprint density at radius 1 is 1.12 bits per heavy atom. The molecule has 174 valence electrons. The Morgan fingerprint density at radius 2 is 1.88 bits per heavy atom. The van der Waals surface area contributed by atoms with Crippen LogP contribution in [0.3, 0.4) is 0 Å². The standard InChI is InChI=1S/C26H26N4O2S2/c1-14-8-9-17(15(2)13-14)29-24(31)19-16(3)28-25-21(20(19)18-7-6-12-33-18)22(27)23(34-25)26(32)30-10-4-5-11-30/h6-9,12-13H,4-5,10-11,27H2,1-3H3,(H,29,31). The third kappa shape index (κ3) is 3.86. The molecule has 5 rings (SSSR count). The van der Waals surface area contributed by atoms with Gasteiger partial charge in [-0.2, -0.15) is 0 Å². The number of nitrogen functional groups attached to an aromatic ring is 1. The van der Waals surface area contributed by atoms with Crippen molar-refractivity contribution in [3.05, 3.63) is 63.0 Å². The van der Waals surface area contributed by atoms with Gasteiger partial charge in [-0.1, -0.05) is 23.8 Å². The Balaban J connectivity index is 1.68. The fourth-order valence-corrected chi connectivity index (χ4v) is 6.47. The molecule has 6 nitrogen and oxygen atoms in total. The number of hydrogen-bond acceptors (Lipinski definition) is 6. The average Bonchev–Trinajstić information content (AvgIpc) is 3.56. The van der Waals surface area contributed by atoms with E-state index < -0.39 is 0 Å². The predicted octanol–water partition coefficient (Wildman–Crippen LogP) is 6.02. The summed E-state index contributed by atoms with van der Waals surface area (Å²) < 4.78 is 0. The van der Waals surface area contributed by atoms with Crippen LogP contribution >= 0.6 is 22.7 Å². The third-order valence-corrected chi connectivity index (χ3v) is 8.24. The fraction of sp³-hybridized carbons (Fsp3) is 0.269. The van der Waals surface area contributed by atoms with Crippen LogP contribution in [-0.2, 0) is 0 Å². The minimum atomic E-state index is -0.236. The Hall–Kier alpha value is -3.23. The lowest BCUT2D eigenvalue weighted by Gasteiger charge is -2.15. The van der Waals surface area contributed by atoms with Crippen LogP contribution in [0.2, 0.25) is 0 Å². The van der Waals surface area contributed by atoms with E-state index in [-0.39, 0.29) is 11.8 Å². The number of nitrogens with zero attached hydrogens (tertiary/aromatic N) is 2. The molecule has 3 aromatic heterocycles. The highest BCUT2D eigenvalue weighted by Crippen LogP contribution is 2.44. The molecule has 0 bridgehead atoms. The highest BCUT2D eigenvalue weighted by atomic mass is 32.1. The van der Waals surface area contributed by atoms with Crippen LogP contribution in [0.5, 0.6) is 0 Å². The first kappa shape index (κ1) is 22.6. The van der Waals surface area contributed by atoms with Crippen molar-refractivity contribution in [3.8, 4) is 10.4 Å². The number of thiophene rings is 2. The van der Waals surface area contributed by atoms with Crippen LogP contribution < -0.4 is 11.1 Å². The van der Waals surface area contributed by atoms with Crippen molar-refractivity contribution < 1.29 is 9.59 Å². The predicted molar refractivity (Wildman–Crippen MR) is 141 cm³/mol. The van der Waals surface area contributed by atoms with Crippen molar-refractivity contribution in [1.29, 1.82) is 0 Å². The monoisotopic (exact) mass is 490 g/mol. The van der Waals surface area contributed by atoms with Crippen molar-refractivity contribution in [2.75, 3.05) is 24.1 Å². The average molecular weight is 491 g/mol. The molecule has 1 aromatic carbocycles. The number of pyridine rings is 1. The zero-order chi connectivity index (χ0) is 24.0. The Kier molecular flexibility index (Phi) is 5.87. The lowest BCUT2D eigenvalue weighted by Crippen LogP contribution is -2.27. The molecule has 0 radical (unpaired) electrons. The summed E-state index contributed by atoms with van der Waals surface area (Å²) in [4.78, 5) is 35.5. The van der Waals surface area contributed by atoms with E-state index >= 15 is 0 Å². The van der Waals surface area contributed by atoms with Gasteiger partial charge in [0.25, 0.3) is 11.8 Å². The third-order valence-electron chi connectivity index (χ3n) is 6.27. The van der Waals surface area contributed by atoms with Gasteiger partial charge in [0.1, 0.15) is 9.71 Å². The van der Waals surface area contributed by atoms with Gasteiger partial charge in [-0.25, -0.2) is 4.98 Å². The van der Waals surface area contributed by atoms with E-state index in [4.69, 9.17) is 10.7 Å². The number of aryl methyl sites for hydroxylation is 3. The number of hydrogen-bond donors (Lipinski definition) is 2. The number of fused-ring (bicyclic) bond motifs is 1. The van der Waals surface area contributed by atoms with Gasteiger partial charge in [-0.15, -0.1) is 22.7 Å². The van der Waals surface area contributed by atoms with Gasteiger partial charge in [0.2, 0.25) is 0 Å². The van der Waals surface area contributed by atoms with Crippen molar-refractivity contribution in [2.45, 2.75) is 33.6 Å². The number of amides is 2. The molecular formula is C26H26N4O2S2. The minimum Gasteiger partial charge on any atom is -0.397 e. The molecule has 0 atom stereocenters. The second-order valence-corrected chi connectivity index (χ2v) is 10.7. The molecule has 2 amide bonds. The molecule has 0 aliphatic carbocycles.